The summed E-state index contributed by atoms with van der Waals surface area (Å²) in [5, 5.41) is 20.2. The molecule has 0 bridgehead atoms. The van der Waals surface area contributed by atoms with Crippen molar-refractivity contribution in [2.45, 2.75) is 20.0 Å². The molecule has 0 unspecified atom stereocenters. The van der Waals surface area contributed by atoms with E-state index in [2.05, 4.69) is 20.9 Å². The number of rotatable bonds is 5. The third-order valence-corrected chi connectivity index (χ3v) is 2.12. The van der Waals surface area contributed by atoms with Crippen LogP contribution in [0.2, 0.25) is 0 Å². The average Bonchev–Trinajstić information content (AvgIpc) is 2.71. The topological polar surface area (TPSA) is 152 Å². The van der Waals surface area contributed by atoms with Crippen LogP contribution in [0.3, 0.4) is 0 Å². The van der Waals surface area contributed by atoms with Crippen LogP contribution < -0.4 is 16.4 Å². The van der Waals surface area contributed by atoms with Crippen LogP contribution in [0, 0.1) is 0 Å². The van der Waals surface area contributed by atoms with Crippen molar-refractivity contribution in [2.75, 3.05) is 6.54 Å². The van der Waals surface area contributed by atoms with Gasteiger partial charge in [0.1, 0.15) is 6.54 Å². The Balaban J connectivity index is 2.74. The molecule has 10 heteroatoms. The maximum Gasteiger partial charge on any atom is 0.358 e. The van der Waals surface area contributed by atoms with Crippen LogP contribution in [0.15, 0.2) is 0 Å². The van der Waals surface area contributed by atoms with Crippen molar-refractivity contribution in [2.24, 2.45) is 5.73 Å². The molecule has 1 aromatic rings. The minimum Gasteiger partial charge on any atom is -0.476 e. The van der Waals surface area contributed by atoms with Gasteiger partial charge in [0.15, 0.2) is 5.69 Å². The van der Waals surface area contributed by atoms with Crippen LogP contribution in [0.4, 0.5) is 4.79 Å². The fraction of sp³-hybridized carbons (Fsp3) is 0.444. The Morgan fingerprint density at radius 2 is 2.11 bits per heavy atom. The number of amides is 3. The Bertz CT molecular complexity index is 497. The molecule has 0 saturated carbocycles. The third-order valence-electron chi connectivity index (χ3n) is 2.12. The lowest BCUT2D eigenvalue weighted by atomic mass is 10.3. The number of aromatic nitrogens is 3. The number of imide groups is 1. The molecule has 5 N–H and O–H groups in total. The molecule has 104 valence electrons. The maximum absolute atomic E-state index is 11.5. The highest BCUT2D eigenvalue weighted by atomic mass is 16.4. The van der Waals surface area contributed by atoms with Gasteiger partial charge in [-0.3, -0.25) is 10.1 Å². The van der Waals surface area contributed by atoms with E-state index in [0.717, 1.165) is 4.68 Å². The first-order chi connectivity index (χ1) is 8.99. The first-order valence-electron chi connectivity index (χ1n) is 5.43. The summed E-state index contributed by atoms with van der Waals surface area (Å²) < 4.78 is 1.04. The predicted octanol–water partition coefficient (Wildman–Crippen LogP) is -1.72. The molecule has 1 aromatic heterocycles. The first kappa shape index (κ1) is 14.6. The van der Waals surface area contributed by atoms with Crippen LogP contribution in [0.5, 0.6) is 0 Å². The Morgan fingerprint density at radius 1 is 1.42 bits per heavy atom. The number of carboxylic acid groups (broad SMARTS) is 1. The monoisotopic (exact) mass is 270 g/mol. The zero-order valence-electron chi connectivity index (χ0n) is 10.2. The van der Waals surface area contributed by atoms with Crippen molar-refractivity contribution in [1.29, 1.82) is 0 Å². The molecule has 3 amide bonds. The summed E-state index contributed by atoms with van der Waals surface area (Å²) in [5.41, 5.74) is 5.18. The molecule has 0 radical (unpaired) electrons. The highest BCUT2D eigenvalue weighted by Crippen LogP contribution is 2.04. The molecule has 0 aliphatic heterocycles. The lowest BCUT2D eigenvalue weighted by molar-refractivity contribution is -0.120. The maximum atomic E-state index is 11.5. The van der Waals surface area contributed by atoms with Gasteiger partial charge in [0.2, 0.25) is 5.91 Å². The van der Waals surface area contributed by atoms with E-state index in [0.29, 0.717) is 6.54 Å². The molecule has 0 aromatic carbocycles. The number of carboxylic acids is 1. The van der Waals surface area contributed by atoms with Crippen molar-refractivity contribution in [1.82, 2.24) is 25.6 Å². The Morgan fingerprint density at radius 3 is 2.63 bits per heavy atom. The Kier molecular flexibility index (Phi) is 4.94. The molecule has 0 aliphatic rings. The van der Waals surface area contributed by atoms with Gasteiger partial charge in [-0.25, -0.2) is 14.3 Å². The molecule has 19 heavy (non-hydrogen) atoms. The van der Waals surface area contributed by atoms with Gasteiger partial charge in [-0.15, -0.1) is 5.10 Å². The fourth-order valence-electron chi connectivity index (χ4n) is 1.33. The number of nitrogens with two attached hydrogens (primary N) is 1. The van der Waals surface area contributed by atoms with E-state index >= 15 is 0 Å². The summed E-state index contributed by atoms with van der Waals surface area (Å²) in [4.78, 5) is 33.4. The smallest absolute Gasteiger partial charge is 0.358 e. The summed E-state index contributed by atoms with van der Waals surface area (Å²) in [6.07, 6.45) is 0. The highest BCUT2D eigenvalue weighted by molar-refractivity contribution is 5.94. The summed E-state index contributed by atoms with van der Waals surface area (Å²) in [5.74, 6) is -1.93. The van der Waals surface area contributed by atoms with Crippen molar-refractivity contribution >= 4 is 17.9 Å². The minimum atomic E-state index is -1.28. The van der Waals surface area contributed by atoms with E-state index in [1.165, 1.54) is 0 Å². The molecule has 0 saturated heterocycles. The van der Waals surface area contributed by atoms with E-state index in [1.54, 1.807) is 6.92 Å². The summed E-state index contributed by atoms with van der Waals surface area (Å²) in [6.45, 7) is 1.60. The molecule has 0 aliphatic carbocycles. The SMILES string of the molecule is CCNC(=O)NC(=O)Cn1nnc(C(=O)O)c1CN. The second-order valence-electron chi connectivity index (χ2n) is 3.46. The van der Waals surface area contributed by atoms with E-state index < -0.39 is 17.9 Å². The molecule has 1 rings (SSSR count). The molecule has 0 spiro atoms. The fourth-order valence-corrected chi connectivity index (χ4v) is 1.33. The van der Waals surface area contributed by atoms with Gasteiger partial charge in [0.05, 0.1) is 5.69 Å². The van der Waals surface area contributed by atoms with Crippen LogP contribution in [0.1, 0.15) is 23.1 Å². The van der Waals surface area contributed by atoms with Gasteiger partial charge >= 0.3 is 12.0 Å². The van der Waals surface area contributed by atoms with E-state index in [9.17, 15) is 14.4 Å². The number of urea groups is 1. The van der Waals surface area contributed by atoms with E-state index in [-0.39, 0.29) is 24.5 Å². The lowest BCUT2D eigenvalue weighted by Crippen LogP contribution is -2.41. The van der Waals surface area contributed by atoms with Gasteiger partial charge in [-0.2, -0.15) is 0 Å². The number of carbonyl (C=O) groups is 3. The van der Waals surface area contributed by atoms with Gasteiger partial charge in [-0.1, -0.05) is 5.21 Å². The zero-order chi connectivity index (χ0) is 14.4. The second kappa shape index (κ2) is 6.44. The summed E-state index contributed by atoms with van der Waals surface area (Å²) in [6, 6.07) is -0.639. The molecule has 0 atom stereocenters. The number of hydrogen-bond acceptors (Lipinski definition) is 6. The zero-order valence-corrected chi connectivity index (χ0v) is 10.2. The quantitative estimate of drug-likeness (QED) is 0.496. The molecular formula is C9H14N6O4. The van der Waals surface area contributed by atoms with Gasteiger partial charge in [0.25, 0.3) is 0 Å². The standard InChI is InChI=1S/C9H14N6O4/c1-2-11-9(19)12-6(16)4-15-5(3-10)7(8(17)18)13-14-15/h2-4,10H2,1H3,(H,17,18)(H2,11,12,16,19). The predicted molar refractivity (Wildman–Crippen MR) is 62.1 cm³/mol. The Labute approximate surface area is 107 Å². The number of carbonyl (C=O) groups excluding carboxylic acids is 2. The molecular weight excluding hydrogens is 256 g/mol. The largest absolute Gasteiger partial charge is 0.476 e. The van der Waals surface area contributed by atoms with Crippen molar-refractivity contribution in [3.63, 3.8) is 0 Å². The van der Waals surface area contributed by atoms with E-state index in [1.807, 2.05) is 0 Å². The number of nitrogens with one attached hydrogen (secondary N) is 2. The number of aromatic carboxylic acids is 1. The van der Waals surface area contributed by atoms with Crippen LogP contribution in [-0.4, -0.2) is 44.6 Å². The van der Waals surface area contributed by atoms with Crippen LogP contribution >= 0.6 is 0 Å². The molecule has 10 nitrogen and oxygen atoms in total. The average molecular weight is 270 g/mol. The van der Waals surface area contributed by atoms with Gasteiger partial charge < -0.3 is 16.2 Å². The normalized spacial score (nSPS) is 10.0. The van der Waals surface area contributed by atoms with Crippen molar-refractivity contribution < 1.29 is 19.5 Å². The summed E-state index contributed by atoms with van der Waals surface area (Å²) in [7, 11) is 0. The Hall–Kier alpha value is -2.49. The van der Waals surface area contributed by atoms with Crippen molar-refractivity contribution in [3.05, 3.63) is 11.4 Å². The summed E-state index contributed by atoms with van der Waals surface area (Å²) >= 11 is 0. The lowest BCUT2D eigenvalue weighted by Gasteiger charge is -2.06. The van der Waals surface area contributed by atoms with Crippen LogP contribution in [0.25, 0.3) is 0 Å². The van der Waals surface area contributed by atoms with Crippen LogP contribution in [-0.2, 0) is 17.9 Å². The van der Waals surface area contributed by atoms with E-state index in [4.69, 9.17) is 10.8 Å². The highest BCUT2D eigenvalue weighted by Gasteiger charge is 2.19. The second-order valence-corrected chi connectivity index (χ2v) is 3.46. The van der Waals surface area contributed by atoms with Gasteiger partial charge in [-0.05, 0) is 6.92 Å². The minimum absolute atomic E-state index is 0.110. The number of nitrogens with zero attached hydrogens (tertiary/aromatic N) is 3. The first-order valence-corrected chi connectivity index (χ1v) is 5.43. The van der Waals surface area contributed by atoms with Crippen molar-refractivity contribution in [3.8, 4) is 0 Å². The van der Waals surface area contributed by atoms with Gasteiger partial charge in [0, 0.05) is 13.1 Å². The molecule has 1 heterocycles. The number of hydrogen-bond donors (Lipinski definition) is 4. The third kappa shape index (κ3) is 3.74. The molecule has 0 fully saturated rings.